The molecule has 1 unspecified atom stereocenters. The molecule has 0 fully saturated rings. The summed E-state index contributed by atoms with van der Waals surface area (Å²) in [6.45, 7) is 1.82. The van der Waals surface area contributed by atoms with Crippen LogP contribution in [0.3, 0.4) is 0 Å². The molecule has 41 heavy (non-hydrogen) atoms. The first-order chi connectivity index (χ1) is 19.7. The number of hydrogen-bond donors (Lipinski definition) is 2. The molecule has 2 aliphatic heterocycles. The number of fused-ring (bicyclic) bond motifs is 2. The van der Waals surface area contributed by atoms with Crippen LogP contribution in [0.4, 0.5) is 30.2 Å². The summed E-state index contributed by atoms with van der Waals surface area (Å²) >= 11 is 0. The van der Waals surface area contributed by atoms with Crippen LogP contribution in [0.15, 0.2) is 91.0 Å². The van der Waals surface area contributed by atoms with Gasteiger partial charge in [-0.25, -0.2) is 0 Å². The molecule has 0 radical (unpaired) electrons. The lowest BCUT2D eigenvalue weighted by Gasteiger charge is -2.36. The Morgan fingerprint density at radius 3 is 2.32 bits per heavy atom. The lowest BCUT2D eigenvalue weighted by molar-refractivity contribution is -0.127. The maximum absolute atomic E-state index is 12.7. The van der Waals surface area contributed by atoms with Crippen molar-refractivity contribution in [2.24, 2.45) is 0 Å². The molecule has 0 bridgehead atoms. The van der Waals surface area contributed by atoms with Gasteiger partial charge >= 0.3 is 6.18 Å². The Hall–Kier alpha value is -3.81. The third-order valence-electron chi connectivity index (χ3n) is 8.36. The molecule has 0 spiro atoms. The molecule has 0 aromatic heterocycles. The molecule has 0 aliphatic carbocycles. The lowest BCUT2D eigenvalue weighted by atomic mass is 9.88. The average Bonchev–Trinajstić information content (AvgIpc) is 2.97. The van der Waals surface area contributed by atoms with Crippen LogP contribution in [-0.4, -0.2) is 37.9 Å². The first kappa shape index (κ1) is 27.4. The summed E-state index contributed by atoms with van der Waals surface area (Å²) in [5.41, 5.74) is 9.87. The second kappa shape index (κ2) is 11.2. The zero-order valence-corrected chi connectivity index (χ0v) is 23.4. The van der Waals surface area contributed by atoms with Crippen molar-refractivity contribution in [1.29, 1.82) is 0 Å². The van der Waals surface area contributed by atoms with Crippen molar-refractivity contribution in [3.8, 4) is 0 Å². The molecule has 2 aliphatic rings. The van der Waals surface area contributed by atoms with Gasteiger partial charge in [-0.2, -0.15) is 13.2 Å². The molecular weight excluding hydrogens is 521 g/mol. The molecule has 0 amide bonds. The summed E-state index contributed by atoms with van der Waals surface area (Å²) in [7, 11) is 4.13. The second-order valence-corrected chi connectivity index (χ2v) is 11.2. The predicted molar refractivity (Wildman–Crippen MR) is 160 cm³/mol. The summed E-state index contributed by atoms with van der Waals surface area (Å²) < 4.78 is 38.2. The van der Waals surface area contributed by atoms with Gasteiger partial charge in [0.2, 0.25) is 0 Å². The average molecular weight is 557 g/mol. The van der Waals surface area contributed by atoms with Crippen molar-refractivity contribution in [2.45, 2.75) is 44.2 Å². The maximum Gasteiger partial charge on any atom is 0.393 e. The number of benzene rings is 4. The van der Waals surface area contributed by atoms with E-state index >= 15 is 0 Å². The predicted octanol–water partition coefficient (Wildman–Crippen LogP) is 7.22. The van der Waals surface area contributed by atoms with E-state index in [0.29, 0.717) is 0 Å². The van der Waals surface area contributed by atoms with Gasteiger partial charge in [0.15, 0.2) is 0 Å². The zero-order chi connectivity index (χ0) is 28.6. The molecule has 4 aromatic carbocycles. The molecule has 2 N–H and O–H groups in total. The van der Waals surface area contributed by atoms with E-state index in [1.807, 2.05) is 11.9 Å². The Bertz CT molecular complexity index is 1500. The molecule has 6 rings (SSSR count). The van der Waals surface area contributed by atoms with Crippen LogP contribution < -0.4 is 15.5 Å². The van der Waals surface area contributed by atoms with Crippen LogP contribution in [-0.2, 0) is 25.8 Å². The number of likely N-dealkylation sites (N-methyl/N-ethyl adjacent to an activating group) is 1. The number of halogens is 3. The van der Waals surface area contributed by atoms with E-state index in [9.17, 15) is 13.2 Å². The minimum absolute atomic E-state index is 0.161. The van der Waals surface area contributed by atoms with Crippen molar-refractivity contribution in [3.05, 3.63) is 124 Å². The first-order valence-electron chi connectivity index (χ1n) is 14.1. The fourth-order valence-electron chi connectivity index (χ4n) is 6.12. The van der Waals surface area contributed by atoms with E-state index in [2.05, 4.69) is 89.3 Å². The zero-order valence-electron chi connectivity index (χ0n) is 23.4. The normalized spacial score (nSPS) is 18.9. The standard InChI is InChI=1S/C34H35F3N4/c1-40-18-17-26-19-30(41(2)29-13-7-23(8-14-29)21-34(35,36)37)15-16-31(26)33(40)24-9-11-28(12-10-24)39-32-20-25-5-3-4-6-27(25)22-38-32/h3-16,19,32-33,38-39H,17-18,20-22H2,1-2H3/t32-,33?/m0/s1. The van der Waals surface area contributed by atoms with Crippen molar-refractivity contribution < 1.29 is 13.2 Å². The van der Waals surface area contributed by atoms with Crippen LogP contribution in [0.5, 0.6) is 0 Å². The van der Waals surface area contributed by atoms with Gasteiger partial charge in [0.1, 0.15) is 0 Å². The minimum atomic E-state index is -4.20. The highest BCUT2D eigenvalue weighted by Gasteiger charge is 2.28. The molecule has 4 nitrogen and oxygen atoms in total. The fourth-order valence-corrected chi connectivity index (χ4v) is 6.12. The summed E-state index contributed by atoms with van der Waals surface area (Å²) in [5.74, 6) is 0. The van der Waals surface area contributed by atoms with Gasteiger partial charge in [-0.1, -0.05) is 54.6 Å². The van der Waals surface area contributed by atoms with E-state index in [1.165, 1.54) is 27.8 Å². The summed E-state index contributed by atoms with van der Waals surface area (Å²) in [6, 6.07) is 30.7. The Balaban J connectivity index is 1.16. The van der Waals surface area contributed by atoms with Crippen LogP contribution in [0.2, 0.25) is 0 Å². The van der Waals surface area contributed by atoms with Gasteiger partial charge in [0.05, 0.1) is 18.6 Å². The van der Waals surface area contributed by atoms with E-state index in [0.717, 1.165) is 43.0 Å². The van der Waals surface area contributed by atoms with Gasteiger partial charge in [0.25, 0.3) is 0 Å². The third-order valence-corrected chi connectivity index (χ3v) is 8.36. The molecule has 0 saturated heterocycles. The van der Waals surface area contributed by atoms with Gasteiger partial charge in [-0.05, 0) is 83.2 Å². The van der Waals surface area contributed by atoms with Crippen LogP contribution in [0.25, 0.3) is 0 Å². The van der Waals surface area contributed by atoms with E-state index in [-0.39, 0.29) is 17.8 Å². The lowest BCUT2D eigenvalue weighted by Crippen LogP contribution is -2.41. The monoisotopic (exact) mass is 556 g/mol. The van der Waals surface area contributed by atoms with Crippen molar-refractivity contribution >= 4 is 17.1 Å². The number of alkyl halides is 3. The van der Waals surface area contributed by atoms with Crippen molar-refractivity contribution in [3.63, 3.8) is 0 Å². The molecule has 212 valence electrons. The van der Waals surface area contributed by atoms with Gasteiger partial charge < -0.3 is 10.2 Å². The molecule has 0 saturated carbocycles. The molecule has 2 heterocycles. The van der Waals surface area contributed by atoms with Crippen LogP contribution >= 0.6 is 0 Å². The van der Waals surface area contributed by atoms with Crippen LogP contribution in [0, 0.1) is 0 Å². The molecule has 4 aromatic rings. The van der Waals surface area contributed by atoms with Crippen molar-refractivity contribution in [1.82, 2.24) is 10.2 Å². The summed E-state index contributed by atoms with van der Waals surface area (Å²) in [6.07, 6.45) is -3.02. The number of nitrogens with one attached hydrogen (secondary N) is 2. The topological polar surface area (TPSA) is 30.5 Å². The van der Waals surface area contributed by atoms with Crippen LogP contribution in [0.1, 0.15) is 39.4 Å². The third kappa shape index (κ3) is 6.11. The highest BCUT2D eigenvalue weighted by Crippen LogP contribution is 2.37. The van der Waals surface area contributed by atoms with E-state index < -0.39 is 12.6 Å². The molecule has 7 heteroatoms. The maximum atomic E-state index is 12.7. The molecule has 2 atom stereocenters. The number of anilines is 3. The highest BCUT2D eigenvalue weighted by atomic mass is 19.4. The minimum Gasteiger partial charge on any atom is -0.370 e. The first-order valence-corrected chi connectivity index (χ1v) is 14.1. The summed E-state index contributed by atoms with van der Waals surface area (Å²) in [4.78, 5) is 4.43. The van der Waals surface area contributed by atoms with Gasteiger partial charge in [0, 0.05) is 43.6 Å². The van der Waals surface area contributed by atoms with E-state index in [4.69, 9.17) is 0 Å². The number of nitrogens with zero attached hydrogens (tertiary/aromatic N) is 2. The summed E-state index contributed by atoms with van der Waals surface area (Å²) in [5, 5.41) is 7.24. The number of hydrogen-bond acceptors (Lipinski definition) is 4. The fraction of sp³-hybridized carbons (Fsp3) is 0.294. The van der Waals surface area contributed by atoms with Gasteiger partial charge in [-0.15, -0.1) is 0 Å². The smallest absolute Gasteiger partial charge is 0.370 e. The van der Waals surface area contributed by atoms with E-state index in [1.54, 1.807) is 24.3 Å². The number of rotatable bonds is 6. The SMILES string of the molecule is CN(c1ccc(CC(F)(F)F)cc1)c1ccc2c(c1)CCN(C)C2c1ccc(N[C@H]2Cc3ccccc3CN2)cc1. The Kier molecular flexibility index (Phi) is 7.49. The highest BCUT2D eigenvalue weighted by molar-refractivity contribution is 5.65. The Morgan fingerprint density at radius 1 is 0.878 bits per heavy atom. The molecular formula is C34H35F3N4. The second-order valence-electron chi connectivity index (χ2n) is 11.2. The van der Waals surface area contributed by atoms with Gasteiger partial charge in [-0.3, -0.25) is 10.2 Å². The Labute approximate surface area is 239 Å². The quantitative estimate of drug-likeness (QED) is 0.263. The Morgan fingerprint density at radius 2 is 1.59 bits per heavy atom. The largest absolute Gasteiger partial charge is 0.393 e. The van der Waals surface area contributed by atoms with Crippen molar-refractivity contribution in [2.75, 3.05) is 30.9 Å².